The summed E-state index contributed by atoms with van der Waals surface area (Å²) in [4.78, 5) is 36.7. The van der Waals surface area contributed by atoms with E-state index in [1.165, 1.54) is 6.92 Å². The first-order valence-corrected chi connectivity index (χ1v) is 7.43. The van der Waals surface area contributed by atoms with Crippen LogP contribution in [0.1, 0.15) is 25.0 Å². The third-order valence-electron chi connectivity index (χ3n) is 4.48. The van der Waals surface area contributed by atoms with E-state index in [2.05, 4.69) is 5.32 Å². The van der Waals surface area contributed by atoms with Crippen molar-refractivity contribution in [3.63, 3.8) is 0 Å². The fourth-order valence-corrected chi connectivity index (χ4v) is 3.40. The summed E-state index contributed by atoms with van der Waals surface area (Å²) in [7, 11) is 0. The van der Waals surface area contributed by atoms with Crippen molar-refractivity contribution in [2.24, 2.45) is 5.92 Å². The van der Waals surface area contributed by atoms with Crippen molar-refractivity contribution in [2.75, 3.05) is 13.1 Å². The van der Waals surface area contributed by atoms with E-state index in [0.29, 0.717) is 19.6 Å². The number of amides is 2. The molecule has 1 fully saturated rings. The number of pyridine rings is 1. The molecule has 3 atom stereocenters. The van der Waals surface area contributed by atoms with Crippen LogP contribution in [0.3, 0.4) is 0 Å². The lowest BCUT2D eigenvalue weighted by Gasteiger charge is -2.42. The van der Waals surface area contributed by atoms with Gasteiger partial charge in [-0.15, -0.1) is 0 Å². The van der Waals surface area contributed by atoms with Crippen molar-refractivity contribution >= 4 is 12.0 Å². The number of hydrogen-bond donors (Lipinski definition) is 2. The number of likely N-dealkylation sites (tertiary alicyclic amines) is 1. The summed E-state index contributed by atoms with van der Waals surface area (Å²) in [5, 5.41) is 11.4. The zero-order valence-corrected chi connectivity index (χ0v) is 12.4. The summed E-state index contributed by atoms with van der Waals surface area (Å²) in [5.41, 5.74) is 0.970. The third-order valence-corrected chi connectivity index (χ3v) is 4.48. The van der Waals surface area contributed by atoms with E-state index < -0.39 is 12.0 Å². The van der Waals surface area contributed by atoms with Gasteiger partial charge in [0, 0.05) is 37.3 Å². The molecule has 3 rings (SSSR count). The Morgan fingerprint density at radius 2 is 2.09 bits per heavy atom. The molecule has 2 bridgehead atoms. The predicted molar refractivity (Wildman–Crippen MR) is 78.8 cm³/mol. The number of nitrogens with one attached hydrogen (secondary N) is 1. The number of hydrogen-bond acceptors (Lipinski definition) is 3. The van der Waals surface area contributed by atoms with E-state index in [-0.39, 0.29) is 23.4 Å². The Morgan fingerprint density at radius 3 is 2.82 bits per heavy atom. The van der Waals surface area contributed by atoms with Crippen LogP contribution >= 0.6 is 0 Å². The second-order valence-corrected chi connectivity index (χ2v) is 6.11. The smallest absolute Gasteiger partial charge is 0.325 e. The molecule has 118 valence electrons. The van der Waals surface area contributed by atoms with Crippen LogP contribution in [0.15, 0.2) is 23.0 Å². The third kappa shape index (κ3) is 2.58. The summed E-state index contributed by atoms with van der Waals surface area (Å²) in [6.07, 6.45) is 0.960. The van der Waals surface area contributed by atoms with Gasteiger partial charge in [0.2, 0.25) is 0 Å². The highest BCUT2D eigenvalue weighted by molar-refractivity contribution is 5.82. The molecule has 3 heterocycles. The number of rotatable bonds is 2. The predicted octanol–water partition coefficient (Wildman–Crippen LogP) is 0.450. The molecule has 0 saturated carbocycles. The Kier molecular flexibility index (Phi) is 3.64. The minimum absolute atomic E-state index is 0.00426. The normalized spacial score (nSPS) is 24.3. The minimum atomic E-state index is -1.05. The lowest BCUT2D eigenvalue weighted by atomic mass is 9.83. The fourth-order valence-electron chi connectivity index (χ4n) is 3.40. The number of carbonyl (C=O) groups is 2. The van der Waals surface area contributed by atoms with Gasteiger partial charge in [-0.3, -0.25) is 9.59 Å². The van der Waals surface area contributed by atoms with Crippen molar-refractivity contribution < 1.29 is 14.7 Å². The lowest BCUT2D eigenvalue weighted by Crippen LogP contribution is -2.54. The summed E-state index contributed by atoms with van der Waals surface area (Å²) in [6.45, 7) is 3.12. The summed E-state index contributed by atoms with van der Waals surface area (Å²) < 4.78 is 1.80. The standard InChI is InChI=1S/C15H19N3O4/c1-9(14(20)21)16-15(22)17-6-10-5-11(8-17)12-3-2-4-13(19)18(12)7-10/h2-4,9-11H,5-8H2,1H3,(H,16,22)(H,20,21)/t9-,10-,11-/m0/s1. The molecule has 2 aliphatic heterocycles. The van der Waals surface area contributed by atoms with Crippen molar-refractivity contribution in [1.29, 1.82) is 0 Å². The Hall–Kier alpha value is -2.31. The van der Waals surface area contributed by atoms with Gasteiger partial charge in [-0.05, 0) is 25.3 Å². The Bertz CT molecular complexity index is 669. The zero-order valence-electron chi connectivity index (χ0n) is 12.4. The molecule has 1 aromatic heterocycles. The van der Waals surface area contributed by atoms with Crippen LogP contribution < -0.4 is 10.9 Å². The monoisotopic (exact) mass is 305 g/mol. The number of carbonyl (C=O) groups excluding carboxylic acids is 1. The molecule has 2 N–H and O–H groups in total. The molecule has 22 heavy (non-hydrogen) atoms. The second kappa shape index (κ2) is 5.47. The van der Waals surface area contributed by atoms with Gasteiger partial charge in [-0.1, -0.05) is 6.07 Å². The summed E-state index contributed by atoms with van der Waals surface area (Å²) in [5.74, 6) is -0.688. The lowest BCUT2D eigenvalue weighted by molar-refractivity contribution is -0.138. The van der Waals surface area contributed by atoms with E-state index in [1.54, 1.807) is 21.6 Å². The van der Waals surface area contributed by atoms with Crippen molar-refractivity contribution in [3.05, 3.63) is 34.2 Å². The maximum absolute atomic E-state index is 12.2. The molecule has 7 heteroatoms. The first kappa shape index (κ1) is 14.6. The molecule has 0 radical (unpaired) electrons. The zero-order chi connectivity index (χ0) is 15.9. The number of aliphatic carboxylic acids is 1. The number of nitrogens with zero attached hydrogens (tertiary/aromatic N) is 2. The first-order valence-electron chi connectivity index (χ1n) is 7.43. The molecule has 7 nitrogen and oxygen atoms in total. The van der Waals surface area contributed by atoms with E-state index >= 15 is 0 Å². The molecular weight excluding hydrogens is 286 g/mol. The van der Waals surface area contributed by atoms with Crippen molar-refractivity contribution in [3.8, 4) is 0 Å². The average molecular weight is 305 g/mol. The summed E-state index contributed by atoms with van der Waals surface area (Å²) in [6, 6.07) is 3.98. The van der Waals surface area contributed by atoms with Crippen LogP contribution in [-0.4, -0.2) is 45.7 Å². The number of urea groups is 1. The van der Waals surface area contributed by atoms with Gasteiger partial charge in [0.25, 0.3) is 5.56 Å². The van der Waals surface area contributed by atoms with Crippen molar-refractivity contribution in [1.82, 2.24) is 14.8 Å². The second-order valence-electron chi connectivity index (χ2n) is 6.11. The number of aromatic nitrogens is 1. The van der Waals surface area contributed by atoms with Gasteiger partial charge in [0.05, 0.1) is 0 Å². The SMILES string of the molecule is C[C@H](NC(=O)N1C[C@@H]2C[C@@H](C1)c1cccc(=O)n1C2)C(=O)O. The number of fused-ring (bicyclic) bond motifs is 4. The molecule has 1 saturated heterocycles. The van der Waals surface area contributed by atoms with Crippen LogP contribution in [0.25, 0.3) is 0 Å². The van der Waals surface area contributed by atoms with Gasteiger partial charge in [-0.2, -0.15) is 0 Å². The highest BCUT2D eigenvalue weighted by Crippen LogP contribution is 2.34. The van der Waals surface area contributed by atoms with Crippen LogP contribution in [0.4, 0.5) is 4.79 Å². The van der Waals surface area contributed by atoms with Gasteiger partial charge in [-0.25, -0.2) is 4.79 Å². The van der Waals surface area contributed by atoms with Gasteiger partial charge < -0.3 is 19.9 Å². The molecule has 0 aromatic carbocycles. The van der Waals surface area contributed by atoms with Gasteiger partial charge >= 0.3 is 12.0 Å². The Morgan fingerprint density at radius 1 is 1.32 bits per heavy atom. The van der Waals surface area contributed by atoms with E-state index in [1.807, 2.05) is 6.07 Å². The molecule has 2 aliphatic rings. The molecule has 0 unspecified atom stereocenters. The fraction of sp³-hybridized carbons (Fsp3) is 0.533. The number of piperidine rings is 1. The van der Waals surface area contributed by atoms with Crippen LogP contribution in [0.2, 0.25) is 0 Å². The van der Waals surface area contributed by atoms with Crippen LogP contribution in [0.5, 0.6) is 0 Å². The highest BCUT2D eigenvalue weighted by atomic mass is 16.4. The quantitative estimate of drug-likeness (QED) is 0.830. The molecule has 0 aliphatic carbocycles. The Balaban J connectivity index is 1.77. The van der Waals surface area contributed by atoms with Crippen LogP contribution in [0, 0.1) is 5.92 Å². The van der Waals surface area contributed by atoms with Gasteiger partial charge in [0.15, 0.2) is 0 Å². The van der Waals surface area contributed by atoms with E-state index in [9.17, 15) is 14.4 Å². The maximum Gasteiger partial charge on any atom is 0.325 e. The minimum Gasteiger partial charge on any atom is -0.480 e. The molecule has 2 amide bonds. The van der Waals surface area contributed by atoms with Crippen molar-refractivity contribution in [2.45, 2.75) is 31.8 Å². The first-order chi connectivity index (χ1) is 10.5. The largest absolute Gasteiger partial charge is 0.480 e. The molecule has 0 spiro atoms. The van der Waals surface area contributed by atoms with Gasteiger partial charge in [0.1, 0.15) is 6.04 Å². The maximum atomic E-state index is 12.2. The average Bonchev–Trinajstić information content (AvgIpc) is 2.48. The molecular formula is C15H19N3O4. The Labute approximate surface area is 127 Å². The van der Waals surface area contributed by atoms with E-state index in [0.717, 1.165) is 12.1 Å². The van der Waals surface area contributed by atoms with E-state index in [4.69, 9.17) is 5.11 Å². The summed E-state index contributed by atoms with van der Waals surface area (Å²) >= 11 is 0. The number of carboxylic acid groups (broad SMARTS) is 1. The van der Waals surface area contributed by atoms with Crippen LogP contribution in [-0.2, 0) is 11.3 Å². The highest BCUT2D eigenvalue weighted by Gasteiger charge is 2.36. The molecule has 1 aromatic rings. The topological polar surface area (TPSA) is 91.6 Å². The number of carboxylic acids is 1.